The summed E-state index contributed by atoms with van der Waals surface area (Å²) in [5.41, 5.74) is 0.387. The highest BCUT2D eigenvalue weighted by Crippen LogP contribution is 2.37. The van der Waals surface area contributed by atoms with Crippen LogP contribution in [0.2, 0.25) is 0 Å². The number of aryl methyl sites for hydroxylation is 1. The van der Waals surface area contributed by atoms with Gasteiger partial charge in [-0.25, -0.2) is 18.7 Å². The number of hydrogen-bond acceptors (Lipinski definition) is 5. The average Bonchev–Trinajstić information content (AvgIpc) is 2.55. The minimum Gasteiger partial charge on any atom is -0.494 e. The zero-order valence-electron chi connectivity index (χ0n) is 12.7. The van der Waals surface area contributed by atoms with E-state index in [-0.39, 0.29) is 22.8 Å². The Morgan fingerprint density at radius 1 is 0.913 bits per heavy atom. The van der Waals surface area contributed by atoms with Gasteiger partial charge in [-0.05, 0) is 13.0 Å². The van der Waals surface area contributed by atoms with Crippen LogP contribution in [0.3, 0.4) is 0 Å². The Bertz CT molecular complexity index is 872. The molecule has 0 saturated carbocycles. The standard InChI is InChI=1S/C16H13F2N3O2/c1-8-19-6-9-4-10(20-7-11(9)21-8)14-15(17)12(22-2)5-13(23-3)16(14)18/h4-7H,1-3H3. The summed E-state index contributed by atoms with van der Waals surface area (Å²) in [5.74, 6) is -1.34. The van der Waals surface area contributed by atoms with Gasteiger partial charge in [0.2, 0.25) is 0 Å². The molecule has 118 valence electrons. The molecule has 0 fully saturated rings. The van der Waals surface area contributed by atoms with Gasteiger partial charge in [-0.15, -0.1) is 0 Å². The van der Waals surface area contributed by atoms with Gasteiger partial charge < -0.3 is 9.47 Å². The monoisotopic (exact) mass is 317 g/mol. The second-order valence-corrected chi connectivity index (χ2v) is 4.83. The van der Waals surface area contributed by atoms with Gasteiger partial charge in [0.15, 0.2) is 23.1 Å². The van der Waals surface area contributed by atoms with E-state index in [1.165, 1.54) is 26.5 Å². The van der Waals surface area contributed by atoms with Crippen LogP contribution in [0.15, 0.2) is 24.5 Å². The summed E-state index contributed by atoms with van der Waals surface area (Å²) in [7, 11) is 2.59. The lowest BCUT2D eigenvalue weighted by Gasteiger charge is -2.12. The molecule has 0 aliphatic rings. The van der Waals surface area contributed by atoms with Crippen molar-refractivity contribution < 1.29 is 18.3 Å². The first-order valence-electron chi connectivity index (χ1n) is 6.75. The lowest BCUT2D eigenvalue weighted by Crippen LogP contribution is -2.00. The van der Waals surface area contributed by atoms with Crippen LogP contribution in [0.25, 0.3) is 22.2 Å². The zero-order chi connectivity index (χ0) is 16.6. The van der Waals surface area contributed by atoms with Crippen molar-refractivity contribution in [2.75, 3.05) is 14.2 Å². The van der Waals surface area contributed by atoms with Crippen LogP contribution >= 0.6 is 0 Å². The number of fused-ring (bicyclic) bond motifs is 1. The molecular weight excluding hydrogens is 304 g/mol. The predicted octanol–water partition coefficient (Wildman–Crippen LogP) is 3.30. The summed E-state index contributed by atoms with van der Waals surface area (Å²) in [6.07, 6.45) is 3.03. The third-order valence-corrected chi connectivity index (χ3v) is 3.42. The number of pyridine rings is 1. The largest absolute Gasteiger partial charge is 0.494 e. The molecule has 2 heterocycles. The molecule has 23 heavy (non-hydrogen) atoms. The van der Waals surface area contributed by atoms with Gasteiger partial charge in [0.25, 0.3) is 0 Å². The van der Waals surface area contributed by atoms with Crippen LogP contribution in [0, 0.1) is 18.6 Å². The van der Waals surface area contributed by atoms with Crippen molar-refractivity contribution in [1.29, 1.82) is 0 Å². The first-order chi connectivity index (χ1) is 11.0. The molecule has 3 rings (SSSR count). The van der Waals surface area contributed by atoms with E-state index < -0.39 is 11.6 Å². The van der Waals surface area contributed by atoms with Crippen LogP contribution in [-0.2, 0) is 0 Å². The molecule has 7 heteroatoms. The predicted molar refractivity (Wildman–Crippen MR) is 80.5 cm³/mol. The Hall–Kier alpha value is -2.83. The minimum absolute atomic E-state index is 0.108. The molecule has 0 bridgehead atoms. The average molecular weight is 317 g/mol. The second-order valence-electron chi connectivity index (χ2n) is 4.83. The number of nitrogens with zero attached hydrogens (tertiary/aromatic N) is 3. The van der Waals surface area contributed by atoms with Gasteiger partial charge in [0, 0.05) is 17.6 Å². The van der Waals surface area contributed by atoms with E-state index in [1.54, 1.807) is 13.1 Å². The SMILES string of the molecule is COc1cc(OC)c(F)c(-c2cc3cnc(C)nc3cn2)c1F. The highest BCUT2D eigenvalue weighted by atomic mass is 19.1. The van der Waals surface area contributed by atoms with Crippen molar-refractivity contribution in [2.24, 2.45) is 0 Å². The van der Waals surface area contributed by atoms with Crippen molar-refractivity contribution in [3.05, 3.63) is 42.0 Å². The summed E-state index contributed by atoms with van der Waals surface area (Å²) < 4.78 is 38.9. The molecule has 0 unspecified atom stereocenters. The molecular formula is C16H13F2N3O2. The summed E-state index contributed by atoms with van der Waals surface area (Å²) in [6, 6.07) is 2.68. The van der Waals surface area contributed by atoms with E-state index in [0.717, 1.165) is 6.07 Å². The fraction of sp³-hybridized carbons (Fsp3) is 0.188. The Balaban J connectivity index is 2.27. The fourth-order valence-corrected chi connectivity index (χ4v) is 2.27. The first-order valence-corrected chi connectivity index (χ1v) is 6.75. The highest BCUT2D eigenvalue weighted by molar-refractivity contribution is 5.82. The first kappa shape index (κ1) is 15.1. The van der Waals surface area contributed by atoms with Crippen LogP contribution in [0.1, 0.15) is 5.82 Å². The van der Waals surface area contributed by atoms with Crippen molar-refractivity contribution in [2.45, 2.75) is 6.92 Å². The Labute approximate surface area is 130 Å². The normalized spacial score (nSPS) is 10.8. The number of hydrogen-bond donors (Lipinski definition) is 0. The Morgan fingerprint density at radius 2 is 1.57 bits per heavy atom. The van der Waals surface area contributed by atoms with Gasteiger partial charge in [0.1, 0.15) is 5.82 Å². The van der Waals surface area contributed by atoms with Crippen LogP contribution in [0.5, 0.6) is 11.5 Å². The molecule has 1 aromatic carbocycles. The number of ether oxygens (including phenoxy) is 2. The summed E-state index contributed by atoms with van der Waals surface area (Å²) in [5, 5.41) is 0.626. The van der Waals surface area contributed by atoms with E-state index in [0.29, 0.717) is 16.7 Å². The Kier molecular flexibility index (Phi) is 3.77. The zero-order valence-corrected chi connectivity index (χ0v) is 12.7. The highest BCUT2D eigenvalue weighted by Gasteiger charge is 2.22. The van der Waals surface area contributed by atoms with E-state index in [9.17, 15) is 8.78 Å². The van der Waals surface area contributed by atoms with Crippen LogP contribution < -0.4 is 9.47 Å². The molecule has 0 amide bonds. The second kappa shape index (κ2) is 5.75. The third kappa shape index (κ3) is 2.54. The summed E-state index contributed by atoms with van der Waals surface area (Å²) in [6.45, 7) is 1.75. The number of methoxy groups -OCH3 is 2. The third-order valence-electron chi connectivity index (χ3n) is 3.42. The molecule has 2 aromatic heterocycles. The number of aromatic nitrogens is 3. The number of benzene rings is 1. The van der Waals surface area contributed by atoms with E-state index in [1.807, 2.05) is 0 Å². The van der Waals surface area contributed by atoms with Gasteiger partial charge in [-0.2, -0.15) is 0 Å². The van der Waals surface area contributed by atoms with Crippen molar-refractivity contribution in [3.63, 3.8) is 0 Å². The fourth-order valence-electron chi connectivity index (χ4n) is 2.27. The lowest BCUT2D eigenvalue weighted by atomic mass is 10.1. The maximum absolute atomic E-state index is 14.5. The smallest absolute Gasteiger partial charge is 0.177 e. The van der Waals surface area contributed by atoms with Crippen LogP contribution in [-0.4, -0.2) is 29.2 Å². The Morgan fingerprint density at radius 3 is 2.17 bits per heavy atom. The van der Waals surface area contributed by atoms with Gasteiger partial charge in [0.05, 0.1) is 37.2 Å². The quantitative estimate of drug-likeness (QED) is 0.742. The van der Waals surface area contributed by atoms with E-state index in [2.05, 4.69) is 15.0 Å². The van der Waals surface area contributed by atoms with Crippen molar-refractivity contribution in [1.82, 2.24) is 15.0 Å². The molecule has 3 aromatic rings. The van der Waals surface area contributed by atoms with Gasteiger partial charge >= 0.3 is 0 Å². The van der Waals surface area contributed by atoms with Crippen molar-refractivity contribution in [3.8, 4) is 22.8 Å². The molecule has 0 aliphatic carbocycles. The molecule has 0 N–H and O–H groups in total. The maximum atomic E-state index is 14.5. The number of halogens is 2. The molecule has 0 radical (unpaired) electrons. The van der Waals surface area contributed by atoms with Crippen LogP contribution in [0.4, 0.5) is 8.78 Å². The lowest BCUT2D eigenvalue weighted by molar-refractivity contribution is 0.359. The molecule has 0 saturated heterocycles. The van der Waals surface area contributed by atoms with Gasteiger partial charge in [-0.3, -0.25) is 4.98 Å². The topological polar surface area (TPSA) is 57.1 Å². The van der Waals surface area contributed by atoms with E-state index in [4.69, 9.17) is 9.47 Å². The molecule has 0 spiro atoms. The van der Waals surface area contributed by atoms with Crippen molar-refractivity contribution >= 4 is 10.9 Å². The van der Waals surface area contributed by atoms with E-state index >= 15 is 0 Å². The molecule has 0 aliphatic heterocycles. The molecule has 5 nitrogen and oxygen atoms in total. The minimum atomic E-state index is -0.842. The summed E-state index contributed by atoms with van der Waals surface area (Å²) >= 11 is 0. The van der Waals surface area contributed by atoms with Gasteiger partial charge in [-0.1, -0.05) is 0 Å². The molecule has 0 atom stereocenters. The number of rotatable bonds is 3. The maximum Gasteiger partial charge on any atom is 0.177 e. The summed E-state index contributed by atoms with van der Waals surface area (Å²) in [4.78, 5) is 12.4.